The first-order chi connectivity index (χ1) is 4.74. The zero-order chi connectivity index (χ0) is 7.56. The van der Waals surface area contributed by atoms with Crippen LogP contribution in [0.1, 0.15) is 0 Å². The Morgan fingerprint density at radius 2 is 2.30 bits per heavy atom. The van der Waals surface area contributed by atoms with Crippen molar-refractivity contribution in [2.45, 2.75) is 6.10 Å². The lowest BCUT2D eigenvalue weighted by Gasteiger charge is -2.16. The molecule has 1 aliphatic carbocycles. The van der Waals surface area contributed by atoms with Crippen LogP contribution in [0.25, 0.3) is 0 Å². The van der Waals surface area contributed by atoms with Crippen LogP contribution >= 0.6 is 27.5 Å². The molecule has 0 N–H and O–H groups in total. The monoisotopic (exact) mass is 221 g/mol. The molecular formula is C7H7BrClO. The van der Waals surface area contributed by atoms with E-state index < -0.39 is 0 Å². The summed E-state index contributed by atoms with van der Waals surface area (Å²) in [6.45, 7) is 0. The van der Waals surface area contributed by atoms with Crippen LogP contribution in [0.5, 0.6) is 0 Å². The van der Waals surface area contributed by atoms with Gasteiger partial charge in [0.25, 0.3) is 0 Å². The van der Waals surface area contributed by atoms with Crippen molar-refractivity contribution in [3.8, 4) is 0 Å². The molecule has 0 amide bonds. The zero-order valence-corrected chi connectivity index (χ0v) is 7.82. The average Bonchev–Trinajstić information content (AvgIpc) is 1.94. The fourth-order valence-electron chi connectivity index (χ4n) is 0.714. The molecule has 0 aromatic carbocycles. The van der Waals surface area contributed by atoms with Gasteiger partial charge < -0.3 is 4.74 Å². The SMILES string of the molecule is COC1C=C(Br)C=C[C]1Cl. The molecule has 0 heterocycles. The summed E-state index contributed by atoms with van der Waals surface area (Å²) < 4.78 is 6.05. The molecule has 0 aromatic heterocycles. The Labute approximate surface area is 73.8 Å². The van der Waals surface area contributed by atoms with Crippen LogP contribution in [0.3, 0.4) is 0 Å². The normalized spacial score (nSPS) is 26.7. The number of halogens is 2. The van der Waals surface area contributed by atoms with E-state index in [9.17, 15) is 0 Å². The van der Waals surface area contributed by atoms with Gasteiger partial charge >= 0.3 is 0 Å². The Balaban J connectivity index is 2.67. The van der Waals surface area contributed by atoms with Crippen LogP contribution in [0.15, 0.2) is 22.7 Å². The van der Waals surface area contributed by atoms with Crippen LogP contribution < -0.4 is 0 Å². The van der Waals surface area contributed by atoms with E-state index >= 15 is 0 Å². The Hall–Kier alpha value is 0.210. The number of hydrogen-bond acceptors (Lipinski definition) is 1. The second kappa shape index (κ2) is 3.56. The van der Waals surface area contributed by atoms with Crippen LogP contribution in [0.4, 0.5) is 0 Å². The second-order valence-electron chi connectivity index (χ2n) is 1.93. The molecule has 0 aromatic rings. The first-order valence-corrected chi connectivity index (χ1v) is 4.01. The standard InChI is InChI=1S/C7H7BrClO/c1-10-7-4-5(8)2-3-6(7)9/h2-4,7H,1H3. The lowest BCUT2D eigenvalue weighted by atomic mass is 10.1. The highest BCUT2D eigenvalue weighted by Gasteiger charge is 2.17. The van der Waals surface area contributed by atoms with Crippen LogP contribution in [-0.4, -0.2) is 13.2 Å². The minimum Gasteiger partial charge on any atom is -0.375 e. The molecular weight excluding hydrogens is 215 g/mol. The van der Waals surface area contributed by atoms with Crippen molar-refractivity contribution in [1.82, 2.24) is 0 Å². The predicted octanol–water partition coefficient (Wildman–Crippen LogP) is 2.62. The third kappa shape index (κ3) is 1.84. The molecule has 0 saturated carbocycles. The molecule has 1 radical (unpaired) electrons. The Bertz CT molecular complexity index is 176. The van der Waals surface area contributed by atoms with E-state index in [0.717, 1.165) is 4.48 Å². The van der Waals surface area contributed by atoms with E-state index in [1.807, 2.05) is 18.2 Å². The lowest BCUT2D eigenvalue weighted by Crippen LogP contribution is -2.14. The Morgan fingerprint density at radius 3 is 2.80 bits per heavy atom. The van der Waals surface area contributed by atoms with Gasteiger partial charge in [0.15, 0.2) is 0 Å². The van der Waals surface area contributed by atoms with Crippen molar-refractivity contribution in [2.24, 2.45) is 0 Å². The van der Waals surface area contributed by atoms with E-state index in [2.05, 4.69) is 15.9 Å². The van der Waals surface area contributed by atoms with Gasteiger partial charge in [-0.2, -0.15) is 0 Å². The van der Waals surface area contributed by atoms with Crippen molar-refractivity contribution >= 4 is 27.5 Å². The molecule has 0 fully saturated rings. The molecule has 1 aliphatic rings. The minimum atomic E-state index is -0.0824. The molecule has 1 nitrogen and oxygen atoms in total. The number of rotatable bonds is 1. The van der Waals surface area contributed by atoms with Gasteiger partial charge in [-0.1, -0.05) is 28.1 Å². The maximum atomic E-state index is 5.79. The molecule has 0 bridgehead atoms. The highest BCUT2D eigenvalue weighted by Crippen LogP contribution is 2.26. The van der Waals surface area contributed by atoms with Crippen molar-refractivity contribution in [3.63, 3.8) is 0 Å². The molecule has 55 valence electrons. The molecule has 1 rings (SSSR count). The topological polar surface area (TPSA) is 9.23 Å². The fourth-order valence-corrected chi connectivity index (χ4v) is 1.30. The van der Waals surface area contributed by atoms with Crippen LogP contribution in [0.2, 0.25) is 0 Å². The zero-order valence-electron chi connectivity index (χ0n) is 5.47. The summed E-state index contributed by atoms with van der Waals surface area (Å²) in [6.07, 6.45) is 5.53. The van der Waals surface area contributed by atoms with Crippen molar-refractivity contribution in [3.05, 3.63) is 28.1 Å². The predicted molar refractivity (Wildman–Crippen MR) is 46.0 cm³/mol. The molecule has 1 atom stereocenters. The summed E-state index contributed by atoms with van der Waals surface area (Å²) in [4.78, 5) is 0. The van der Waals surface area contributed by atoms with E-state index in [-0.39, 0.29) is 6.10 Å². The molecule has 1 unspecified atom stereocenters. The van der Waals surface area contributed by atoms with E-state index in [1.54, 1.807) is 7.11 Å². The Morgan fingerprint density at radius 1 is 1.60 bits per heavy atom. The molecule has 3 heteroatoms. The second-order valence-corrected chi connectivity index (χ2v) is 3.28. The van der Waals surface area contributed by atoms with Crippen LogP contribution in [0, 0.1) is 5.38 Å². The summed E-state index contributed by atoms with van der Waals surface area (Å²) >= 11 is 9.11. The van der Waals surface area contributed by atoms with Gasteiger partial charge in [0.05, 0.1) is 0 Å². The average molecular weight is 222 g/mol. The smallest absolute Gasteiger partial charge is 0.118 e. The van der Waals surface area contributed by atoms with Crippen molar-refractivity contribution < 1.29 is 4.74 Å². The quantitative estimate of drug-likeness (QED) is 0.663. The number of methoxy groups -OCH3 is 1. The van der Waals surface area contributed by atoms with Crippen molar-refractivity contribution in [2.75, 3.05) is 7.11 Å². The third-order valence-electron chi connectivity index (χ3n) is 1.24. The van der Waals surface area contributed by atoms with E-state index in [4.69, 9.17) is 16.3 Å². The van der Waals surface area contributed by atoms with E-state index in [1.165, 1.54) is 0 Å². The third-order valence-corrected chi connectivity index (χ3v) is 2.11. The van der Waals surface area contributed by atoms with Gasteiger partial charge in [-0.15, -0.1) is 11.6 Å². The first-order valence-electron chi connectivity index (χ1n) is 2.84. The van der Waals surface area contributed by atoms with Gasteiger partial charge in [-0.3, -0.25) is 0 Å². The summed E-state index contributed by atoms with van der Waals surface area (Å²) in [7, 11) is 1.63. The van der Waals surface area contributed by atoms with Gasteiger partial charge in [-0.25, -0.2) is 0 Å². The largest absolute Gasteiger partial charge is 0.375 e. The van der Waals surface area contributed by atoms with Gasteiger partial charge in [0.2, 0.25) is 0 Å². The van der Waals surface area contributed by atoms with Crippen molar-refractivity contribution in [1.29, 1.82) is 0 Å². The molecule has 10 heavy (non-hydrogen) atoms. The minimum absolute atomic E-state index is 0.0824. The molecule has 0 spiro atoms. The summed E-state index contributed by atoms with van der Waals surface area (Å²) in [5, 5.41) is 0.714. The van der Waals surface area contributed by atoms with Gasteiger partial charge in [0, 0.05) is 11.6 Å². The number of ether oxygens (including phenoxy) is 1. The van der Waals surface area contributed by atoms with Gasteiger partial charge in [0.1, 0.15) is 11.5 Å². The van der Waals surface area contributed by atoms with Crippen LogP contribution in [-0.2, 0) is 4.74 Å². The number of allylic oxidation sites excluding steroid dienone is 2. The van der Waals surface area contributed by atoms with Gasteiger partial charge in [-0.05, 0) is 6.08 Å². The molecule has 0 saturated heterocycles. The highest BCUT2D eigenvalue weighted by atomic mass is 79.9. The Kier molecular flexibility index (Phi) is 2.96. The van der Waals surface area contributed by atoms with E-state index in [0.29, 0.717) is 5.38 Å². The maximum absolute atomic E-state index is 5.79. The first kappa shape index (κ1) is 8.31. The maximum Gasteiger partial charge on any atom is 0.118 e. The highest BCUT2D eigenvalue weighted by molar-refractivity contribution is 9.11. The molecule has 0 aliphatic heterocycles. The number of hydrogen-bond donors (Lipinski definition) is 0. The lowest BCUT2D eigenvalue weighted by molar-refractivity contribution is 0.163. The summed E-state index contributed by atoms with van der Waals surface area (Å²) in [5.74, 6) is 0. The fraction of sp³-hybridized carbons (Fsp3) is 0.286. The summed E-state index contributed by atoms with van der Waals surface area (Å²) in [6, 6.07) is 0. The summed E-state index contributed by atoms with van der Waals surface area (Å²) in [5.41, 5.74) is 0.